The summed E-state index contributed by atoms with van der Waals surface area (Å²) in [6, 6.07) is 9.61. The predicted octanol–water partition coefficient (Wildman–Crippen LogP) is 3.77. The van der Waals surface area contributed by atoms with Gasteiger partial charge in [-0.25, -0.2) is 0 Å². The molecule has 0 fully saturated rings. The number of carbonyl (C=O) groups is 1. The van der Waals surface area contributed by atoms with Gasteiger partial charge in [0.1, 0.15) is 5.69 Å². The van der Waals surface area contributed by atoms with Gasteiger partial charge in [-0.2, -0.15) is 0 Å². The Labute approximate surface area is 125 Å². The molecule has 0 saturated heterocycles. The van der Waals surface area contributed by atoms with Crippen molar-refractivity contribution in [2.75, 3.05) is 17.2 Å². The minimum atomic E-state index is -0.194. The molecule has 0 bridgehead atoms. The van der Waals surface area contributed by atoms with Crippen molar-refractivity contribution in [3.63, 3.8) is 0 Å². The fourth-order valence-corrected chi connectivity index (χ4v) is 2.18. The fraction of sp³-hybridized carbons (Fsp3) is 0.294. The van der Waals surface area contributed by atoms with E-state index in [1.807, 2.05) is 32.0 Å². The molecule has 21 heavy (non-hydrogen) atoms. The normalized spacial score (nSPS) is 10.2. The monoisotopic (exact) mass is 283 g/mol. The zero-order valence-corrected chi connectivity index (χ0v) is 12.7. The summed E-state index contributed by atoms with van der Waals surface area (Å²) >= 11 is 0. The Hall–Kier alpha value is -2.36. The van der Waals surface area contributed by atoms with E-state index in [0.717, 1.165) is 35.5 Å². The van der Waals surface area contributed by atoms with Crippen LogP contribution in [0.2, 0.25) is 0 Å². The van der Waals surface area contributed by atoms with E-state index in [4.69, 9.17) is 0 Å². The van der Waals surface area contributed by atoms with Crippen LogP contribution in [-0.4, -0.2) is 17.4 Å². The summed E-state index contributed by atoms with van der Waals surface area (Å²) in [6.45, 7) is 7.00. The summed E-state index contributed by atoms with van der Waals surface area (Å²) in [6.07, 6.45) is 2.68. The van der Waals surface area contributed by atoms with Crippen LogP contribution in [0.4, 0.5) is 11.4 Å². The fourth-order valence-electron chi connectivity index (χ4n) is 2.18. The molecule has 4 nitrogen and oxygen atoms in total. The number of hydrogen-bond donors (Lipinski definition) is 2. The maximum Gasteiger partial charge on any atom is 0.274 e. The molecule has 2 aromatic rings. The third kappa shape index (κ3) is 4.31. The van der Waals surface area contributed by atoms with Gasteiger partial charge in [-0.1, -0.05) is 13.0 Å². The van der Waals surface area contributed by atoms with Crippen molar-refractivity contribution in [3.8, 4) is 0 Å². The highest BCUT2D eigenvalue weighted by Crippen LogP contribution is 2.15. The number of aryl methyl sites for hydroxylation is 2. The highest BCUT2D eigenvalue weighted by atomic mass is 16.1. The molecule has 1 amide bonds. The first-order chi connectivity index (χ1) is 10.1. The molecule has 1 heterocycles. The van der Waals surface area contributed by atoms with Crippen LogP contribution >= 0.6 is 0 Å². The minimum Gasteiger partial charge on any atom is -0.385 e. The number of nitrogens with one attached hydrogen (secondary N) is 2. The number of hydrogen-bond acceptors (Lipinski definition) is 3. The number of rotatable bonds is 5. The lowest BCUT2D eigenvalue weighted by Crippen LogP contribution is -2.14. The van der Waals surface area contributed by atoms with E-state index in [0.29, 0.717) is 5.69 Å². The van der Waals surface area contributed by atoms with E-state index in [9.17, 15) is 4.79 Å². The summed E-state index contributed by atoms with van der Waals surface area (Å²) in [4.78, 5) is 16.4. The molecule has 0 saturated carbocycles. The quantitative estimate of drug-likeness (QED) is 0.878. The molecule has 2 rings (SSSR count). The second kappa shape index (κ2) is 6.88. The van der Waals surface area contributed by atoms with Crippen molar-refractivity contribution in [3.05, 3.63) is 53.3 Å². The molecule has 1 aromatic heterocycles. The zero-order valence-electron chi connectivity index (χ0n) is 12.7. The molecule has 0 radical (unpaired) electrons. The Bertz CT molecular complexity index is 617. The van der Waals surface area contributed by atoms with Crippen LogP contribution in [0.1, 0.15) is 35.0 Å². The topological polar surface area (TPSA) is 54.0 Å². The van der Waals surface area contributed by atoms with Crippen LogP contribution in [-0.2, 0) is 0 Å². The number of nitrogens with zero attached hydrogens (tertiary/aromatic N) is 1. The van der Waals surface area contributed by atoms with Gasteiger partial charge in [0.25, 0.3) is 5.91 Å². The molecule has 4 heteroatoms. The van der Waals surface area contributed by atoms with Crippen LogP contribution in [0.25, 0.3) is 0 Å². The van der Waals surface area contributed by atoms with Crippen LogP contribution in [0.3, 0.4) is 0 Å². The average Bonchev–Trinajstić information content (AvgIpc) is 2.44. The van der Waals surface area contributed by atoms with Crippen LogP contribution in [0.5, 0.6) is 0 Å². The zero-order chi connectivity index (χ0) is 15.2. The Morgan fingerprint density at radius 2 is 1.81 bits per heavy atom. The van der Waals surface area contributed by atoms with Gasteiger partial charge < -0.3 is 10.6 Å². The van der Waals surface area contributed by atoms with Gasteiger partial charge in [0.15, 0.2) is 0 Å². The third-order valence-electron chi connectivity index (χ3n) is 3.05. The van der Waals surface area contributed by atoms with Gasteiger partial charge >= 0.3 is 0 Å². The molecule has 0 aliphatic rings. The first kappa shape index (κ1) is 15.0. The van der Waals surface area contributed by atoms with Crippen molar-refractivity contribution >= 4 is 17.3 Å². The van der Waals surface area contributed by atoms with Gasteiger partial charge in [-0.05, 0) is 55.7 Å². The third-order valence-corrected chi connectivity index (χ3v) is 3.05. The maximum absolute atomic E-state index is 12.3. The van der Waals surface area contributed by atoms with E-state index in [1.54, 1.807) is 12.3 Å². The first-order valence-corrected chi connectivity index (χ1v) is 7.18. The highest BCUT2D eigenvalue weighted by molar-refractivity contribution is 6.03. The number of carbonyl (C=O) groups excluding carboxylic acids is 1. The van der Waals surface area contributed by atoms with Gasteiger partial charge in [-0.3, -0.25) is 9.78 Å². The molecule has 0 aliphatic carbocycles. The lowest BCUT2D eigenvalue weighted by Gasteiger charge is -2.09. The van der Waals surface area contributed by atoms with E-state index in [-0.39, 0.29) is 5.91 Å². The summed E-state index contributed by atoms with van der Waals surface area (Å²) in [7, 11) is 0. The molecule has 1 aromatic carbocycles. The Morgan fingerprint density at radius 1 is 1.10 bits per heavy atom. The lowest BCUT2D eigenvalue weighted by atomic mass is 10.1. The van der Waals surface area contributed by atoms with Crippen molar-refractivity contribution in [2.24, 2.45) is 0 Å². The molecule has 110 valence electrons. The van der Waals surface area contributed by atoms with Gasteiger partial charge in [0.05, 0.1) is 0 Å². The van der Waals surface area contributed by atoms with Crippen molar-refractivity contribution in [1.82, 2.24) is 4.98 Å². The van der Waals surface area contributed by atoms with Gasteiger partial charge in [-0.15, -0.1) is 0 Å². The van der Waals surface area contributed by atoms with Gasteiger partial charge in [0, 0.05) is 24.1 Å². The number of benzene rings is 1. The second-order valence-corrected chi connectivity index (χ2v) is 5.19. The largest absolute Gasteiger partial charge is 0.385 e. The molecule has 0 spiro atoms. The van der Waals surface area contributed by atoms with Crippen LogP contribution < -0.4 is 10.6 Å². The maximum atomic E-state index is 12.3. The SMILES string of the molecule is CCCNc1ccnc(C(=O)Nc2cc(C)cc(C)c2)c1. The minimum absolute atomic E-state index is 0.194. The van der Waals surface area contributed by atoms with Crippen molar-refractivity contribution in [2.45, 2.75) is 27.2 Å². The van der Waals surface area contributed by atoms with Crippen molar-refractivity contribution in [1.29, 1.82) is 0 Å². The Morgan fingerprint density at radius 3 is 2.48 bits per heavy atom. The average molecular weight is 283 g/mol. The van der Waals surface area contributed by atoms with Crippen LogP contribution in [0, 0.1) is 13.8 Å². The van der Waals surface area contributed by atoms with Crippen LogP contribution in [0.15, 0.2) is 36.5 Å². The van der Waals surface area contributed by atoms with Gasteiger partial charge in [0.2, 0.25) is 0 Å². The number of pyridine rings is 1. The van der Waals surface area contributed by atoms with E-state index in [2.05, 4.69) is 28.6 Å². The van der Waals surface area contributed by atoms with Crippen molar-refractivity contribution < 1.29 is 4.79 Å². The van der Waals surface area contributed by atoms with E-state index in [1.165, 1.54) is 0 Å². The molecular formula is C17H21N3O. The molecule has 0 atom stereocenters. The lowest BCUT2D eigenvalue weighted by molar-refractivity contribution is 0.102. The summed E-state index contributed by atoms with van der Waals surface area (Å²) in [5.41, 5.74) is 4.37. The van der Waals surface area contributed by atoms with E-state index < -0.39 is 0 Å². The first-order valence-electron chi connectivity index (χ1n) is 7.18. The highest BCUT2D eigenvalue weighted by Gasteiger charge is 2.09. The predicted molar refractivity (Wildman–Crippen MR) is 86.9 cm³/mol. The molecule has 0 aliphatic heterocycles. The summed E-state index contributed by atoms with van der Waals surface area (Å²) < 4.78 is 0. The number of anilines is 2. The second-order valence-electron chi connectivity index (χ2n) is 5.19. The smallest absolute Gasteiger partial charge is 0.274 e. The summed E-state index contributed by atoms with van der Waals surface area (Å²) in [5, 5.41) is 6.15. The summed E-state index contributed by atoms with van der Waals surface area (Å²) in [5.74, 6) is -0.194. The Kier molecular flexibility index (Phi) is 4.93. The standard InChI is InChI=1S/C17H21N3O/c1-4-6-18-14-5-7-19-16(11-14)17(21)20-15-9-12(2)8-13(3)10-15/h5,7-11H,4,6H2,1-3H3,(H,18,19)(H,20,21). The molecule has 2 N–H and O–H groups in total. The number of aromatic nitrogens is 1. The molecular weight excluding hydrogens is 262 g/mol. The van der Waals surface area contributed by atoms with E-state index >= 15 is 0 Å². The number of amides is 1. The molecule has 0 unspecified atom stereocenters. The Balaban J connectivity index is 2.12.